The molecule has 2 aromatic rings. The number of halogens is 2. The standard InChI is InChI=1S/C12H11Cl2N3S/c1-7-8(2)18-12(16-7)17-15-6-9-4-3-5-10(13)11(9)14/h3-6H,1-2H3,(H,16,17)/b15-6-. The molecule has 1 heterocycles. The minimum absolute atomic E-state index is 0.496. The van der Waals surface area contributed by atoms with Gasteiger partial charge in [-0.15, -0.1) is 11.3 Å². The molecule has 0 aliphatic heterocycles. The number of thiazole rings is 1. The van der Waals surface area contributed by atoms with Crippen molar-refractivity contribution in [1.82, 2.24) is 4.98 Å². The van der Waals surface area contributed by atoms with Crippen LogP contribution in [0.25, 0.3) is 0 Å². The van der Waals surface area contributed by atoms with E-state index in [1.54, 1.807) is 23.6 Å². The summed E-state index contributed by atoms with van der Waals surface area (Å²) in [6.45, 7) is 3.99. The Balaban J connectivity index is 2.10. The fraction of sp³-hybridized carbons (Fsp3) is 0.167. The Morgan fingerprint density at radius 3 is 2.78 bits per heavy atom. The normalized spacial score (nSPS) is 11.1. The van der Waals surface area contributed by atoms with Crippen molar-refractivity contribution in [1.29, 1.82) is 0 Å². The Hall–Kier alpha value is -1.10. The summed E-state index contributed by atoms with van der Waals surface area (Å²) in [6, 6.07) is 5.41. The van der Waals surface area contributed by atoms with E-state index in [1.165, 1.54) is 4.88 Å². The van der Waals surface area contributed by atoms with Gasteiger partial charge in [0.1, 0.15) is 0 Å². The summed E-state index contributed by atoms with van der Waals surface area (Å²) in [5.41, 5.74) is 4.65. The molecule has 0 aliphatic carbocycles. The Morgan fingerprint density at radius 1 is 1.33 bits per heavy atom. The molecule has 0 fully saturated rings. The van der Waals surface area contributed by atoms with Crippen molar-refractivity contribution in [2.75, 3.05) is 5.43 Å². The van der Waals surface area contributed by atoms with Crippen LogP contribution in [-0.4, -0.2) is 11.2 Å². The van der Waals surface area contributed by atoms with Crippen molar-refractivity contribution in [3.63, 3.8) is 0 Å². The molecule has 0 atom stereocenters. The maximum Gasteiger partial charge on any atom is 0.203 e. The highest BCUT2D eigenvalue weighted by Gasteiger charge is 2.03. The number of hydrazone groups is 1. The van der Waals surface area contributed by atoms with Gasteiger partial charge in [-0.1, -0.05) is 35.3 Å². The van der Waals surface area contributed by atoms with Crippen LogP contribution >= 0.6 is 34.5 Å². The van der Waals surface area contributed by atoms with Gasteiger partial charge >= 0.3 is 0 Å². The fourth-order valence-electron chi connectivity index (χ4n) is 1.30. The molecule has 0 radical (unpaired) electrons. The van der Waals surface area contributed by atoms with Gasteiger partial charge in [-0.25, -0.2) is 4.98 Å². The monoisotopic (exact) mass is 299 g/mol. The zero-order valence-corrected chi connectivity index (χ0v) is 12.2. The molecule has 1 aromatic carbocycles. The van der Waals surface area contributed by atoms with Gasteiger partial charge < -0.3 is 0 Å². The lowest BCUT2D eigenvalue weighted by atomic mass is 10.2. The maximum absolute atomic E-state index is 6.04. The largest absolute Gasteiger partial charge is 0.253 e. The first-order valence-electron chi connectivity index (χ1n) is 5.25. The first-order chi connectivity index (χ1) is 8.58. The summed E-state index contributed by atoms with van der Waals surface area (Å²) >= 11 is 13.5. The lowest BCUT2D eigenvalue weighted by Crippen LogP contribution is -1.91. The summed E-state index contributed by atoms with van der Waals surface area (Å²) in [4.78, 5) is 5.49. The molecular weight excluding hydrogens is 289 g/mol. The van der Waals surface area contributed by atoms with Gasteiger partial charge in [0.05, 0.1) is 22.0 Å². The maximum atomic E-state index is 6.04. The van der Waals surface area contributed by atoms with E-state index >= 15 is 0 Å². The highest BCUT2D eigenvalue weighted by atomic mass is 35.5. The van der Waals surface area contributed by atoms with Crippen molar-refractivity contribution in [2.45, 2.75) is 13.8 Å². The van der Waals surface area contributed by atoms with E-state index in [0.717, 1.165) is 16.4 Å². The molecule has 2 rings (SSSR count). The zero-order chi connectivity index (χ0) is 13.1. The lowest BCUT2D eigenvalue weighted by Gasteiger charge is -1.99. The number of aryl methyl sites for hydroxylation is 2. The van der Waals surface area contributed by atoms with E-state index in [9.17, 15) is 0 Å². The molecule has 1 aromatic heterocycles. The van der Waals surface area contributed by atoms with E-state index < -0.39 is 0 Å². The molecule has 3 nitrogen and oxygen atoms in total. The van der Waals surface area contributed by atoms with E-state index in [-0.39, 0.29) is 0 Å². The third-order valence-electron chi connectivity index (χ3n) is 2.37. The average Bonchev–Trinajstić information content (AvgIpc) is 2.64. The van der Waals surface area contributed by atoms with Gasteiger partial charge in [0.25, 0.3) is 0 Å². The molecule has 0 unspecified atom stereocenters. The second-order valence-electron chi connectivity index (χ2n) is 3.67. The number of nitrogens with one attached hydrogen (secondary N) is 1. The molecule has 18 heavy (non-hydrogen) atoms. The summed E-state index contributed by atoms with van der Waals surface area (Å²) in [5, 5.41) is 5.87. The minimum Gasteiger partial charge on any atom is -0.253 e. The second-order valence-corrected chi connectivity index (χ2v) is 5.66. The second kappa shape index (κ2) is 5.69. The highest BCUT2D eigenvalue weighted by molar-refractivity contribution is 7.15. The number of rotatable bonds is 3. The smallest absolute Gasteiger partial charge is 0.203 e. The predicted molar refractivity (Wildman–Crippen MR) is 79.3 cm³/mol. The van der Waals surface area contributed by atoms with Crippen LogP contribution in [0.1, 0.15) is 16.1 Å². The first-order valence-corrected chi connectivity index (χ1v) is 6.82. The van der Waals surface area contributed by atoms with E-state index in [2.05, 4.69) is 15.5 Å². The predicted octanol–water partition coefficient (Wildman–Crippen LogP) is 4.51. The van der Waals surface area contributed by atoms with Crippen molar-refractivity contribution in [3.05, 3.63) is 44.4 Å². The number of hydrogen-bond donors (Lipinski definition) is 1. The molecule has 0 saturated heterocycles. The summed E-state index contributed by atoms with van der Waals surface area (Å²) < 4.78 is 0. The van der Waals surface area contributed by atoms with Crippen molar-refractivity contribution >= 4 is 45.9 Å². The topological polar surface area (TPSA) is 37.3 Å². The SMILES string of the molecule is Cc1nc(N/N=C\c2cccc(Cl)c2Cl)sc1C. The first kappa shape index (κ1) is 13.3. The van der Waals surface area contributed by atoms with Crippen LogP contribution in [0, 0.1) is 13.8 Å². The molecular formula is C12H11Cl2N3S. The molecule has 94 valence electrons. The number of hydrogen-bond acceptors (Lipinski definition) is 4. The van der Waals surface area contributed by atoms with Crippen LogP contribution in [0.5, 0.6) is 0 Å². The molecule has 0 bridgehead atoms. The van der Waals surface area contributed by atoms with E-state index in [4.69, 9.17) is 23.2 Å². The fourth-order valence-corrected chi connectivity index (χ4v) is 2.42. The number of aromatic nitrogens is 1. The summed E-state index contributed by atoms with van der Waals surface area (Å²) in [7, 11) is 0. The third-order valence-corrected chi connectivity index (χ3v) is 4.18. The highest BCUT2D eigenvalue weighted by Crippen LogP contribution is 2.24. The minimum atomic E-state index is 0.496. The van der Waals surface area contributed by atoms with Gasteiger partial charge in [-0.2, -0.15) is 5.10 Å². The van der Waals surface area contributed by atoms with Gasteiger partial charge in [0, 0.05) is 10.4 Å². The number of anilines is 1. The molecule has 6 heteroatoms. The Morgan fingerprint density at radius 2 is 2.11 bits per heavy atom. The van der Waals surface area contributed by atoms with Crippen LogP contribution in [0.3, 0.4) is 0 Å². The zero-order valence-electron chi connectivity index (χ0n) is 9.87. The molecule has 0 amide bonds. The van der Waals surface area contributed by atoms with Crippen molar-refractivity contribution in [2.24, 2.45) is 5.10 Å². The molecule has 0 spiro atoms. The van der Waals surface area contributed by atoms with Crippen LogP contribution < -0.4 is 5.43 Å². The van der Waals surface area contributed by atoms with Gasteiger partial charge in [0.15, 0.2) is 0 Å². The van der Waals surface area contributed by atoms with Gasteiger partial charge in [0.2, 0.25) is 5.13 Å². The lowest BCUT2D eigenvalue weighted by molar-refractivity contribution is 1.20. The van der Waals surface area contributed by atoms with Crippen LogP contribution in [0.4, 0.5) is 5.13 Å². The van der Waals surface area contributed by atoms with Crippen LogP contribution in [0.2, 0.25) is 10.0 Å². The Kier molecular flexibility index (Phi) is 4.22. The Labute approximate surface area is 119 Å². The molecule has 1 N–H and O–H groups in total. The molecule has 0 saturated carbocycles. The average molecular weight is 300 g/mol. The van der Waals surface area contributed by atoms with Crippen molar-refractivity contribution in [3.8, 4) is 0 Å². The Bertz CT molecular complexity index is 574. The third kappa shape index (κ3) is 3.02. The van der Waals surface area contributed by atoms with Gasteiger partial charge in [-0.3, -0.25) is 5.43 Å². The number of nitrogens with zero attached hydrogens (tertiary/aromatic N) is 2. The molecule has 0 aliphatic rings. The number of benzene rings is 1. The van der Waals surface area contributed by atoms with Gasteiger partial charge in [-0.05, 0) is 19.9 Å². The van der Waals surface area contributed by atoms with Crippen LogP contribution in [0.15, 0.2) is 23.3 Å². The van der Waals surface area contributed by atoms with E-state index in [0.29, 0.717) is 10.0 Å². The van der Waals surface area contributed by atoms with Crippen molar-refractivity contribution < 1.29 is 0 Å². The van der Waals surface area contributed by atoms with E-state index in [1.807, 2.05) is 26.0 Å². The quantitative estimate of drug-likeness (QED) is 0.668. The summed E-state index contributed by atoms with van der Waals surface area (Å²) in [5.74, 6) is 0. The summed E-state index contributed by atoms with van der Waals surface area (Å²) in [6.07, 6.45) is 1.63. The van der Waals surface area contributed by atoms with Crippen LogP contribution in [-0.2, 0) is 0 Å².